The van der Waals surface area contributed by atoms with E-state index in [1.54, 1.807) is 0 Å². The number of aromatic nitrogens is 1. The molecule has 1 aliphatic heterocycles. The first-order valence-electron chi connectivity index (χ1n) is 8.48. The number of nitro benzene ring substituents is 1. The first kappa shape index (κ1) is 18.6. The molecule has 9 heteroatoms. The summed E-state index contributed by atoms with van der Waals surface area (Å²) < 4.78 is 29.9. The maximum atomic E-state index is 12.7. The Labute approximate surface area is 152 Å². The van der Waals surface area contributed by atoms with Crippen LogP contribution in [0.1, 0.15) is 24.6 Å². The number of rotatable bonds is 7. The van der Waals surface area contributed by atoms with Crippen LogP contribution in [-0.2, 0) is 17.1 Å². The number of nitrogens with one attached hydrogen (secondary N) is 1. The molecule has 0 bridgehead atoms. The first-order valence-corrected chi connectivity index (χ1v) is 9.97. The van der Waals surface area contributed by atoms with E-state index in [0.29, 0.717) is 0 Å². The lowest BCUT2D eigenvalue weighted by Gasteiger charge is -2.28. The molecule has 1 N–H and O–H groups in total. The highest BCUT2D eigenvalue weighted by Gasteiger charge is 2.29. The van der Waals surface area contributed by atoms with Crippen LogP contribution >= 0.6 is 0 Å². The van der Waals surface area contributed by atoms with Crippen LogP contribution in [0.2, 0.25) is 0 Å². The minimum Gasteiger partial charge on any atom is -0.353 e. The highest BCUT2D eigenvalue weighted by atomic mass is 32.2. The number of hydrogen-bond donors (Lipinski definition) is 1. The number of para-hydroxylation sites is 1. The fraction of sp³-hybridized carbons (Fsp3) is 0.412. The Morgan fingerprint density at radius 3 is 2.50 bits per heavy atom. The molecule has 2 aromatic rings. The Balaban J connectivity index is 1.85. The summed E-state index contributed by atoms with van der Waals surface area (Å²) in [6, 6.07) is 9.18. The van der Waals surface area contributed by atoms with E-state index in [4.69, 9.17) is 0 Å². The highest BCUT2D eigenvalue weighted by molar-refractivity contribution is 7.89. The molecule has 0 aliphatic carbocycles. The molecule has 1 saturated heterocycles. The SMILES string of the molecule is Cn1cccc1C(CNS(=O)(=O)c1ccccc1[N+](=O)[O-])N1CCCC1. The second-order valence-electron chi connectivity index (χ2n) is 6.38. The Morgan fingerprint density at radius 1 is 1.19 bits per heavy atom. The van der Waals surface area contributed by atoms with Gasteiger partial charge in [0, 0.05) is 31.5 Å². The summed E-state index contributed by atoms with van der Waals surface area (Å²) in [5, 5.41) is 11.1. The molecule has 1 atom stereocenters. The highest BCUT2D eigenvalue weighted by Crippen LogP contribution is 2.27. The summed E-state index contributed by atoms with van der Waals surface area (Å²) in [5.74, 6) is 0. The number of hydrogen-bond acceptors (Lipinski definition) is 5. The number of aryl methyl sites for hydroxylation is 1. The average molecular weight is 378 g/mol. The molecule has 2 heterocycles. The number of nitrogens with zero attached hydrogens (tertiary/aromatic N) is 3. The zero-order valence-corrected chi connectivity index (χ0v) is 15.4. The summed E-state index contributed by atoms with van der Waals surface area (Å²) in [6.45, 7) is 1.97. The van der Waals surface area contributed by atoms with Crippen molar-refractivity contribution in [3.63, 3.8) is 0 Å². The van der Waals surface area contributed by atoms with Crippen LogP contribution in [0.5, 0.6) is 0 Å². The van der Waals surface area contributed by atoms with Crippen LogP contribution < -0.4 is 4.72 Å². The van der Waals surface area contributed by atoms with Crippen LogP contribution in [0.3, 0.4) is 0 Å². The summed E-state index contributed by atoms with van der Waals surface area (Å²) in [5.41, 5.74) is 0.591. The molecule has 0 saturated carbocycles. The van der Waals surface area contributed by atoms with Gasteiger partial charge >= 0.3 is 0 Å². The topological polar surface area (TPSA) is 97.5 Å². The molecule has 8 nitrogen and oxygen atoms in total. The van der Waals surface area contributed by atoms with E-state index in [9.17, 15) is 18.5 Å². The zero-order chi connectivity index (χ0) is 18.7. The molecule has 1 aromatic heterocycles. The number of nitro groups is 1. The van der Waals surface area contributed by atoms with Crippen molar-refractivity contribution in [2.75, 3.05) is 19.6 Å². The lowest BCUT2D eigenvalue weighted by atomic mass is 10.2. The molecule has 1 fully saturated rings. The maximum absolute atomic E-state index is 12.7. The monoisotopic (exact) mass is 378 g/mol. The van der Waals surface area contributed by atoms with Crippen LogP contribution in [-0.4, -0.2) is 42.4 Å². The van der Waals surface area contributed by atoms with E-state index < -0.39 is 20.6 Å². The van der Waals surface area contributed by atoms with Crippen LogP contribution in [0.15, 0.2) is 47.5 Å². The van der Waals surface area contributed by atoms with E-state index in [-0.39, 0.29) is 17.5 Å². The second-order valence-corrected chi connectivity index (χ2v) is 8.11. The Bertz CT molecular complexity index is 888. The van der Waals surface area contributed by atoms with Gasteiger partial charge in [0.05, 0.1) is 11.0 Å². The molecular formula is C17H22N4O4S. The second kappa shape index (κ2) is 7.56. The van der Waals surface area contributed by atoms with Crippen LogP contribution in [0.4, 0.5) is 5.69 Å². The lowest BCUT2D eigenvalue weighted by Crippen LogP contribution is -2.37. The van der Waals surface area contributed by atoms with E-state index in [0.717, 1.165) is 31.6 Å². The van der Waals surface area contributed by atoms with E-state index in [2.05, 4.69) is 9.62 Å². The number of benzene rings is 1. The Hall–Kier alpha value is -2.23. The first-order chi connectivity index (χ1) is 12.4. The summed E-state index contributed by atoms with van der Waals surface area (Å²) in [7, 11) is -2.07. The van der Waals surface area contributed by atoms with Gasteiger partial charge in [-0.15, -0.1) is 0 Å². The van der Waals surface area contributed by atoms with E-state index in [1.807, 2.05) is 29.9 Å². The van der Waals surface area contributed by atoms with Gasteiger partial charge in [0.1, 0.15) is 0 Å². The van der Waals surface area contributed by atoms with Crippen molar-refractivity contribution in [1.29, 1.82) is 0 Å². The van der Waals surface area contributed by atoms with E-state index in [1.165, 1.54) is 24.3 Å². The molecule has 1 aromatic carbocycles. The third kappa shape index (κ3) is 3.79. The van der Waals surface area contributed by atoms with Gasteiger partial charge in [-0.3, -0.25) is 15.0 Å². The van der Waals surface area contributed by atoms with Gasteiger partial charge in [0.2, 0.25) is 10.0 Å². The third-order valence-corrected chi connectivity index (χ3v) is 6.20. The van der Waals surface area contributed by atoms with Crippen LogP contribution in [0.25, 0.3) is 0 Å². The van der Waals surface area contributed by atoms with Gasteiger partial charge < -0.3 is 4.57 Å². The predicted molar refractivity (Wildman–Crippen MR) is 97.2 cm³/mol. The molecule has 0 amide bonds. The normalized spacial score (nSPS) is 16.7. The van der Waals surface area contributed by atoms with Crippen molar-refractivity contribution < 1.29 is 13.3 Å². The maximum Gasteiger partial charge on any atom is 0.289 e. The van der Waals surface area contributed by atoms with Crippen molar-refractivity contribution in [1.82, 2.24) is 14.2 Å². The molecule has 0 radical (unpaired) electrons. The molecule has 0 spiro atoms. The molecule has 26 heavy (non-hydrogen) atoms. The smallest absolute Gasteiger partial charge is 0.289 e. The van der Waals surface area contributed by atoms with Crippen molar-refractivity contribution in [2.45, 2.75) is 23.8 Å². The van der Waals surface area contributed by atoms with Crippen molar-refractivity contribution in [3.05, 3.63) is 58.4 Å². The van der Waals surface area contributed by atoms with Gasteiger partial charge in [-0.1, -0.05) is 12.1 Å². The fourth-order valence-corrected chi connectivity index (χ4v) is 4.60. The molecule has 1 aliphatic rings. The minimum atomic E-state index is -3.99. The Kier molecular flexibility index (Phi) is 5.40. The number of likely N-dealkylation sites (tertiary alicyclic amines) is 1. The minimum absolute atomic E-state index is 0.116. The van der Waals surface area contributed by atoms with Gasteiger partial charge in [0.15, 0.2) is 4.90 Å². The van der Waals surface area contributed by atoms with Gasteiger partial charge in [-0.2, -0.15) is 0 Å². The fourth-order valence-electron chi connectivity index (χ4n) is 3.40. The van der Waals surface area contributed by atoms with Crippen molar-refractivity contribution in [3.8, 4) is 0 Å². The number of sulfonamides is 1. The lowest BCUT2D eigenvalue weighted by molar-refractivity contribution is -0.387. The summed E-state index contributed by atoms with van der Waals surface area (Å²) in [6.07, 6.45) is 4.09. The zero-order valence-electron chi connectivity index (χ0n) is 14.5. The Morgan fingerprint density at radius 2 is 1.88 bits per heavy atom. The summed E-state index contributed by atoms with van der Waals surface area (Å²) >= 11 is 0. The van der Waals surface area contributed by atoms with Crippen molar-refractivity contribution >= 4 is 15.7 Å². The van der Waals surface area contributed by atoms with Gasteiger partial charge in [-0.25, -0.2) is 13.1 Å². The molecule has 1 unspecified atom stereocenters. The van der Waals surface area contributed by atoms with Gasteiger partial charge in [-0.05, 0) is 44.1 Å². The quantitative estimate of drug-likeness (QED) is 0.587. The largest absolute Gasteiger partial charge is 0.353 e. The molecular weight excluding hydrogens is 356 g/mol. The average Bonchev–Trinajstić information content (AvgIpc) is 3.28. The summed E-state index contributed by atoms with van der Waals surface area (Å²) in [4.78, 5) is 12.4. The standard InChI is InChI=1S/C17H22N4O4S/c1-19-10-6-8-14(19)16(20-11-4-5-12-20)13-18-26(24,25)17-9-3-2-7-15(17)21(22)23/h2-3,6-10,16,18H,4-5,11-13H2,1H3. The van der Waals surface area contributed by atoms with Gasteiger partial charge in [0.25, 0.3) is 5.69 Å². The van der Waals surface area contributed by atoms with Crippen LogP contribution in [0, 0.1) is 10.1 Å². The van der Waals surface area contributed by atoms with E-state index >= 15 is 0 Å². The predicted octanol–water partition coefficient (Wildman–Crippen LogP) is 2.05. The van der Waals surface area contributed by atoms with Crippen molar-refractivity contribution in [2.24, 2.45) is 7.05 Å². The third-order valence-electron chi connectivity index (χ3n) is 4.72. The molecule has 3 rings (SSSR count). The molecule has 140 valence electrons.